The summed E-state index contributed by atoms with van der Waals surface area (Å²) < 4.78 is 26.3. The van der Waals surface area contributed by atoms with Crippen molar-refractivity contribution in [3.05, 3.63) is 29.8 Å². The molecule has 0 amide bonds. The fraction of sp³-hybridized carbons (Fsp3) is 0.600. The summed E-state index contributed by atoms with van der Waals surface area (Å²) in [6.07, 6.45) is -0.00508. The third-order valence-corrected chi connectivity index (χ3v) is 2.55. The first-order valence-electron chi connectivity index (χ1n) is 7.57. The molecular weight excluding hydrogens is 242 g/mol. The van der Waals surface area contributed by atoms with Crippen molar-refractivity contribution >= 4 is 0 Å². The highest BCUT2D eigenvalue weighted by molar-refractivity contribution is 5.27. The fourth-order valence-electron chi connectivity index (χ4n) is 1.46. The van der Waals surface area contributed by atoms with Crippen LogP contribution in [-0.2, 0) is 11.2 Å². The Hall–Kier alpha value is -1.10. The van der Waals surface area contributed by atoms with Gasteiger partial charge in [0.25, 0.3) is 0 Å². The monoisotopic (exact) mass is 269 g/mol. The van der Waals surface area contributed by atoms with Crippen LogP contribution in [0.1, 0.15) is 22.2 Å². The maximum atomic E-state index is 9.79. The molecule has 0 saturated carbocycles. The van der Waals surface area contributed by atoms with Crippen molar-refractivity contribution in [3.8, 4) is 5.75 Å². The highest BCUT2D eigenvalue weighted by Crippen LogP contribution is 2.12. The predicted molar refractivity (Wildman–Crippen MR) is 76.7 cm³/mol. The summed E-state index contributed by atoms with van der Waals surface area (Å²) in [4.78, 5) is 0. The Kier molecular flexibility index (Phi) is 6.05. The number of aliphatic hydroxyl groups is 1. The van der Waals surface area contributed by atoms with Gasteiger partial charge < -0.3 is 19.9 Å². The van der Waals surface area contributed by atoms with Gasteiger partial charge in [0.15, 0.2) is 0 Å². The van der Waals surface area contributed by atoms with Gasteiger partial charge in [-0.1, -0.05) is 26.0 Å². The van der Waals surface area contributed by atoms with Crippen molar-refractivity contribution in [1.82, 2.24) is 5.32 Å². The van der Waals surface area contributed by atoms with Gasteiger partial charge in [0, 0.05) is 19.7 Å². The van der Waals surface area contributed by atoms with Crippen molar-refractivity contribution in [2.45, 2.75) is 32.4 Å². The molecule has 19 heavy (non-hydrogen) atoms. The summed E-state index contributed by atoms with van der Waals surface area (Å²) in [6.45, 7) is 5.03. The zero-order chi connectivity index (χ0) is 15.8. The van der Waals surface area contributed by atoms with Crippen LogP contribution in [0.2, 0.25) is 0 Å². The molecule has 0 aliphatic carbocycles. The number of hydrogen-bond acceptors (Lipinski definition) is 4. The molecular formula is C15H25NO3. The van der Waals surface area contributed by atoms with Crippen LogP contribution in [0.25, 0.3) is 0 Å². The van der Waals surface area contributed by atoms with Crippen LogP contribution in [0.15, 0.2) is 24.2 Å². The number of aliphatic hydroxyl groups excluding tert-OH is 1. The van der Waals surface area contributed by atoms with Gasteiger partial charge in [0.05, 0.1) is 9.35 Å². The van der Waals surface area contributed by atoms with E-state index >= 15 is 0 Å². The molecule has 4 heteroatoms. The summed E-state index contributed by atoms with van der Waals surface area (Å²) in [5.74, 6) is 0.208. The number of methoxy groups -OCH3 is 1. The molecule has 0 saturated heterocycles. The summed E-state index contributed by atoms with van der Waals surface area (Å²) in [6, 6.07) is 3.96. The van der Waals surface area contributed by atoms with E-state index in [2.05, 4.69) is 5.32 Å². The largest absolute Gasteiger partial charge is 0.491 e. The molecule has 0 aliphatic heterocycles. The Morgan fingerprint density at radius 2 is 2.05 bits per heavy atom. The highest BCUT2D eigenvalue weighted by Gasteiger charge is 2.05. The standard InChI is InChI=1S/C15H25NO3/c1-12(2)16-10-14(17)11-19-15-6-4-13(5-7-15)8-9-18-3/h4-7,12,14,16-17H,8-11H2,1-3H3/t14-/m0/s1/i6D,7D. The topological polar surface area (TPSA) is 50.7 Å². The van der Waals surface area contributed by atoms with Gasteiger partial charge in [0.1, 0.15) is 18.5 Å². The molecule has 0 aromatic heterocycles. The lowest BCUT2D eigenvalue weighted by Gasteiger charge is -2.15. The predicted octanol–water partition coefficient (Wildman–Crippen LogP) is 1.61. The molecule has 1 aromatic rings. The maximum Gasteiger partial charge on any atom is 0.119 e. The van der Waals surface area contributed by atoms with Gasteiger partial charge >= 0.3 is 0 Å². The lowest BCUT2D eigenvalue weighted by Crippen LogP contribution is -2.35. The van der Waals surface area contributed by atoms with Crippen molar-refractivity contribution in [2.75, 3.05) is 26.9 Å². The van der Waals surface area contributed by atoms with Crippen molar-refractivity contribution in [3.63, 3.8) is 0 Å². The molecule has 108 valence electrons. The van der Waals surface area contributed by atoms with E-state index in [1.165, 1.54) is 0 Å². The van der Waals surface area contributed by atoms with Gasteiger partial charge in [0.2, 0.25) is 0 Å². The molecule has 4 nitrogen and oxygen atoms in total. The minimum atomic E-state index is -0.667. The Balaban J connectivity index is 2.58. The maximum absolute atomic E-state index is 9.79. The van der Waals surface area contributed by atoms with Gasteiger partial charge in [-0.3, -0.25) is 0 Å². The fourth-order valence-corrected chi connectivity index (χ4v) is 1.46. The van der Waals surface area contributed by atoms with E-state index in [0.717, 1.165) is 5.56 Å². The van der Waals surface area contributed by atoms with Crippen LogP contribution in [0, 0.1) is 0 Å². The molecule has 0 bridgehead atoms. The van der Waals surface area contributed by atoms with Crippen LogP contribution >= 0.6 is 0 Å². The summed E-state index contributed by atoms with van der Waals surface area (Å²) in [5, 5.41) is 12.9. The number of rotatable bonds is 9. The molecule has 1 rings (SSSR count). The smallest absolute Gasteiger partial charge is 0.119 e. The Morgan fingerprint density at radius 3 is 2.63 bits per heavy atom. The molecule has 0 unspecified atom stereocenters. The molecule has 1 atom stereocenters. The van der Waals surface area contributed by atoms with Crippen LogP contribution in [0.3, 0.4) is 0 Å². The van der Waals surface area contributed by atoms with Gasteiger partial charge in [-0.2, -0.15) is 0 Å². The molecule has 0 spiro atoms. The van der Waals surface area contributed by atoms with E-state index in [4.69, 9.17) is 12.2 Å². The normalized spacial score (nSPS) is 14.2. The molecule has 0 radical (unpaired) electrons. The van der Waals surface area contributed by atoms with Crippen LogP contribution in [-0.4, -0.2) is 44.1 Å². The minimum absolute atomic E-state index is 0.0644. The zero-order valence-corrected chi connectivity index (χ0v) is 11.9. The first-order chi connectivity index (χ1) is 9.93. The second-order valence-corrected chi connectivity index (χ2v) is 4.75. The van der Waals surface area contributed by atoms with Crippen molar-refractivity contribution < 1.29 is 17.3 Å². The van der Waals surface area contributed by atoms with Gasteiger partial charge in [-0.25, -0.2) is 0 Å². The van der Waals surface area contributed by atoms with Crippen LogP contribution in [0.5, 0.6) is 5.75 Å². The van der Waals surface area contributed by atoms with Gasteiger partial charge in [-0.05, 0) is 24.1 Å². The average Bonchev–Trinajstić information content (AvgIpc) is 2.41. The Labute approximate surface area is 118 Å². The van der Waals surface area contributed by atoms with Crippen molar-refractivity contribution in [2.24, 2.45) is 0 Å². The summed E-state index contributed by atoms with van der Waals surface area (Å²) in [7, 11) is 1.62. The summed E-state index contributed by atoms with van der Waals surface area (Å²) >= 11 is 0. The van der Waals surface area contributed by atoms with E-state index in [9.17, 15) is 5.11 Å². The first kappa shape index (κ1) is 12.9. The molecule has 0 aliphatic rings. The lowest BCUT2D eigenvalue weighted by atomic mass is 10.1. The highest BCUT2D eigenvalue weighted by atomic mass is 16.5. The first-order valence-corrected chi connectivity index (χ1v) is 6.57. The average molecular weight is 269 g/mol. The number of benzene rings is 1. The third kappa shape index (κ3) is 7.15. The quantitative estimate of drug-likeness (QED) is 0.715. The third-order valence-electron chi connectivity index (χ3n) is 2.55. The van der Waals surface area contributed by atoms with Crippen LogP contribution in [0.4, 0.5) is 0 Å². The Bertz CT molecular complexity index is 418. The minimum Gasteiger partial charge on any atom is -0.491 e. The molecule has 2 N–H and O–H groups in total. The van der Waals surface area contributed by atoms with E-state index in [-0.39, 0.29) is 30.5 Å². The second kappa shape index (κ2) is 8.91. The number of ether oxygens (including phenoxy) is 2. The lowest BCUT2D eigenvalue weighted by molar-refractivity contribution is 0.104. The van der Waals surface area contributed by atoms with Gasteiger partial charge in [-0.15, -0.1) is 0 Å². The van der Waals surface area contributed by atoms with E-state index in [1.54, 1.807) is 19.2 Å². The molecule has 1 aromatic carbocycles. The summed E-state index contributed by atoms with van der Waals surface area (Å²) in [5.41, 5.74) is 0.876. The van der Waals surface area contributed by atoms with Crippen LogP contribution < -0.4 is 10.1 Å². The van der Waals surface area contributed by atoms with Crippen molar-refractivity contribution in [1.29, 1.82) is 0 Å². The number of hydrogen-bond donors (Lipinski definition) is 2. The zero-order valence-electron chi connectivity index (χ0n) is 13.9. The molecule has 0 fully saturated rings. The van der Waals surface area contributed by atoms with E-state index in [1.807, 2.05) is 13.8 Å². The SMILES string of the molecule is [2H]c1cc(CCOC)cc([2H])c1OC[C@@H](O)CNC(C)C. The second-order valence-electron chi connectivity index (χ2n) is 4.75. The van der Waals surface area contributed by atoms with E-state index < -0.39 is 6.10 Å². The molecule has 0 heterocycles. The Morgan fingerprint density at radius 1 is 1.37 bits per heavy atom. The van der Waals surface area contributed by atoms with E-state index in [0.29, 0.717) is 19.6 Å². The number of nitrogens with one attached hydrogen (secondary N) is 1.